The van der Waals surface area contributed by atoms with Gasteiger partial charge in [-0.15, -0.1) is 0 Å². The largest absolute Gasteiger partial charge is 0.508 e. The van der Waals surface area contributed by atoms with Crippen LogP contribution in [-0.2, 0) is 4.79 Å². The average molecular weight is 369 g/mol. The van der Waals surface area contributed by atoms with Gasteiger partial charge in [0.1, 0.15) is 5.75 Å². The van der Waals surface area contributed by atoms with E-state index in [4.69, 9.17) is 11.6 Å². The van der Waals surface area contributed by atoms with E-state index in [1.165, 1.54) is 0 Å². The molecule has 2 aromatic carbocycles. The zero-order chi connectivity index (χ0) is 18.5. The highest BCUT2D eigenvalue weighted by molar-refractivity contribution is 6.31. The van der Waals surface area contributed by atoms with Crippen LogP contribution >= 0.6 is 11.6 Å². The number of nitrogens with one attached hydrogen (secondary N) is 2. The molecule has 0 radical (unpaired) electrons. The first-order valence-corrected chi connectivity index (χ1v) is 9.09. The van der Waals surface area contributed by atoms with Crippen LogP contribution in [0, 0.1) is 5.41 Å². The van der Waals surface area contributed by atoms with Gasteiger partial charge in [0.15, 0.2) is 5.78 Å². The molecule has 0 aromatic heterocycles. The second-order valence-electron chi connectivity index (χ2n) is 7.78. The van der Waals surface area contributed by atoms with Gasteiger partial charge in [-0.2, -0.15) is 0 Å². The van der Waals surface area contributed by atoms with Crippen LogP contribution < -0.4 is 10.6 Å². The third-order valence-electron chi connectivity index (χ3n) is 5.02. The van der Waals surface area contributed by atoms with Gasteiger partial charge in [0.05, 0.1) is 17.4 Å². The molecule has 1 heterocycles. The van der Waals surface area contributed by atoms with Crippen molar-refractivity contribution in [2.75, 3.05) is 10.6 Å². The minimum absolute atomic E-state index is 0.100. The lowest BCUT2D eigenvalue weighted by Crippen LogP contribution is -2.31. The normalized spacial score (nSPS) is 21.2. The Balaban J connectivity index is 1.92. The minimum atomic E-state index is -0.429. The molecule has 5 heteroatoms. The number of Topliss-reactive ketones (excluding diaryl/α,β-unsaturated/α-hetero) is 1. The Morgan fingerprint density at radius 1 is 1.12 bits per heavy atom. The van der Waals surface area contributed by atoms with Crippen molar-refractivity contribution >= 4 is 28.8 Å². The van der Waals surface area contributed by atoms with Gasteiger partial charge in [0.25, 0.3) is 0 Å². The highest BCUT2D eigenvalue weighted by atomic mass is 35.5. The summed E-state index contributed by atoms with van der Waals surface area (Å²) in [5.41, 5.74) is 3.87. The van der Waals surface area contributed by atoms with Crippen LogP contribution in [0.4, 0.5) is 11.4 Å². The van der Waals surface area contributed by atoms with Gasteiger partial charge in [-0.25, -0.2) is 0 Å². The maximum Gasteiger partial charge on any atom is 0.163 e. The number of allylic oxidation sites excluding steroid dienone is 1. The number of phenols is 1. The lowest BCUT2D eigenvalue weighted by atomic mass is 9.73. The molecule has 2 aromatic rings. The zero-order valence-corrected chi connectivity index (χ0v) is 15.5. The lowest BCUT2D eigenvalue weighted by Gasteiger charge is -2.34. The van der Waals surface area contributed by atoms with Crippen LogP contribution in [-0.4, -0.2) is 10.9 Å². The van der Waals surface area contributed by atoms with Crippen LogP contribution in [0.5, 0.6) is 5.75 Å². The molecule has 3 N–H and O–H groups in total. The molecule has 4 rings (SSSR count). The Hall–Kier alpha value is -2.46. The quantitative estimate of drug-likeness (QED) is 0.641. The molecule has 0 saturated heterocycles. The summed E-state index contributed by atoms with van der Waals surface area (Å²) >= 11 is 6.18. The first kappa shape index (κ1) is 17.0. The molecule has 0 spiro atoms. The summed E-state index contributed by atoms with van der Waals surface area (Å²) in [7, 11) is 0. The van der Waals surface area contributed by atoms with Crippen LogP contribution in [0.3, 0.4) is 0 Å². The van der Waals surface area contributed by atoms with E-state index < -0.39 is 6.04 Å². The van der Waals surface area contributed by atoms with Crippen LogP contribution in [0.15, 0.2) is 53.7 Å². The summed E-state index contributed by atoms with van der Waals surface area (Å²) in [5, 5.41) is 17.9. The summed E-state index contributed by atoms with van der Waals surface area (Å²) in [5.74, 6) is 0.267. The number of para-hydroxylation sites is 1. The van der Waals surface area contributed by atoms with E-state index >= 15 is 0 Å². The number of benzene rings is 2. The number of anilines is 2. The van der Waals surface area contributed by atoms with Crippen molar-refractivity contribution < 1.29 is 9.90 Å². The molecule has 0 bridgehead atoms. The molecule has 1 aliphatic carbocycles. The molecular weight excluding hydrogens is 348 g/mol. The number of halogens is 1. The van der Waals surface area contributed by atoms with Crippen molar-refractivity contribution in [3.63, 3.8) is 0 Å². The topological polar surface area (TPSA) is 61.4 Å². The van der Waals surface area contributed by atoms with Crippen molar-refractivity contribution in [1.29, 1.82) is 0 Å². The minimum Gasteiger partial charge on any atom is -0.508 e. The smallest absolute Gasteiger partial charge is 0.163 e. The van der Waals surface area contributed by atoms with Crippen molar-refractivity contribution in [1.82, 2.24) is 0 Å². The summed E-state index contributed by atoms with van der Waals surface area (Å²) in [6, 6.07) is 12.3. The average Bonchev–Trinajstić information content (AvgIpc) is 2.70. The number of carbonyl (C=O) groups excluding carboxylic acids is 1. The second kappa shape index (κ2) is 6.06. The van der Waals surface area contributed by atoms with Gasteiger partial charge in [-0.3, -0.25) is 4.79 Å². The van der Waals surface area contributed by atoms with E-state index in [-0.39, 0.29) is 16.9 Å². The fraction of sp³-hybridized carbons (Fsp3) is 0.286. The second-order valence-corrected chi connectivity index (χ2v) is 8.22. The van der Waals surface area contributed by atoms with Gasteiger partial charge in [-0.05, 0) is 36.1 Å². The summed E-state index contributed by atoms with van der Waals surface area (Å²) in [6.45, 7) is 4.21. The van der Waals surface area contributed by atoms with Crippen LogP contribution in [0.1, 0.15) is 38.3 Å². The van der Waals surface area contributed by atoms with Gasteiger partial charge < -0.3 is 15.7 Å². The summed E-state index contributed by atoms with van der Waals surface area (Å²) in [4.78, 5) is 13.1. The number of phenolic OH excluding ortho intramolecular Hbond substituents is 1. The van der Waals surface area contributed by atoms with Crippen LogP contribution in [0.2, 0.25) is 5.02 Å². The van der Waals surface area contributed by atoms with Crippen molar-refractivity contribution in [3.05, 3.63) is 64.3 Å². The maximum atomic E-state index is 13.1. The number of fused-ring (bicyclic) bond motifs is 1. The lowest BCUT2D eigenvalue weighted by molar-refractivity contribution is -0.118. The third kappa shape index (κ3) is 2.95. The molecular formula is C21H21ClN2O2. The monoisotopic (exact) mass is 368 g/mol. The van der Waals surface area contributed by atoms with Crippen molar-refractivity contribution in [2.24, 2.45) is 5.41 Å². The highest BCUT2D eigenvalue weighted by Gasteiger charge is 2.39. The third-order valence-corrected chi connectivity index (χ3v) is 5.26. The van der Waals surface area contributed by atoms with E-state index in [1.807, 2.05) is 30.3 Å². The van der Waals surface area contributed by atoms with Gasteiger partial charge >= 0.3 is 0 Å². The number of aromatic hydroxyl groups is 1. The van der Waals surface area contributed by atoms with E-state index in [0.29, 0.717) is 22.6 Å². The number of ketones is 1. The Kier molecular flexibility index (Phi) is 3.96. The van der Waals surface area contributed by atoms with Crippen LogP contribution in [0.25, 0.3) is 0 Å². The SMILES string of the molecule is CC1(C)CC(=O)C2=C(C1)Nc1ccc(Cl)cc1N[C@H]2c1ccccc1O. The summed E-state index contributed by atoms with van der Waals surface area (Å²) in [6.07, 6.45) is 1.25. The molecule has 0 fully saturated rings. The fourth-order valence-electron chi connectivity index (χ4n) is 3.88. The Morgan fingerprint density at radius 3 is 2.65 bits per heavy atom. The van der Waals surface area contributed by atoms with E-state index in [1.54, 1.807) is 12.1 Å². The molecule has 1 atom stereocenters. The first-order valence-electron chi connectivity index (χ1n) is 8.71. The van der Waals surface area contributed by atoms with Crippen molar-refractivity contribution in [2.45, 2.75) is 32.7 Å². The van der Waals surface area contributed by atoms with E-state index in [0.717, 1.165) is 23.5 Å². The molecule has 4 nitrogen and oxygen atoms in total. The number of carbonyl (C=O) groups is 1. The van der Waals surface area contributed by atoms with Crippen molar-refractivity contribution in [3.8, 4) is 5.75 Å². The van der Waals surface area contributed by atoms with Gasteiger partial charge in [0, 0.05) is 28.3 Å². The molecule has 2 aliphatic rings. The molecule has 1 aliphatic heterocycles. The zero-order valence-electron chi connectivity index (χ0n) is 14.8. The molecule has 26 heavy (non-hydrogen) atoms. The molecule has 0 unspecified atom stereocenters. The Bertz CT molecular complexity index is 933. The predicted octanol–water partition coefficient (Wildman–Crippen LogP) is 5.27. The first-order chi connectivity index (χ1) is 12.3. The molecule has 134 valence electrons. The molecule has 0 saturated carbocycles. The van der Waals surface area contributed by atoms with Gasteiger partial charge in [-0.1, -0.05) is 43.6 Å². The predicted molar refractivity (Wildman–Crippen MR) is 105 cm³/mol. The highest BCUT2D eigenvalue weighted by Crippen LogP contribution is 2.46. The Labute approximate surface area is 157 Å². The van der Waals surface area contributed by atoms with E-state index in [2.05, 4.69) is 24.5 Å². The summed E-state index contributed by atoms with van der Waals surface area (Å²) < 4.78 is 0. The molecule has 0 amide bonds. The fourth-order valence-corrected chi connectivity index (χ4v) is 4.05. The van der Waals surface area contributed by atoms with E-state index in [9.17, 15) is 9.90 Å². The standard InChI is InChI=1S/C21H21ClN2O2/c1-21(2)10-16-19(18(26)11-21)20(13-5-3-4-6-17(13)25)24-15-9-12(22)7-8-14(15)23-16/h3-9,20,23-25H,10-11H2,1-2H3/t20-/m0/s1. The number of rotatable bonds is 1. The maximum absolute atomic E-state index is 13.1. The Morgan fingerprint density at radius 2 is 1.88 bits per heavy atom. The van der Waals surface area contributed by atoms with Gasteiger partial charge in [0.2, 0.25) is 0 Å². The number of hydrogen-bond donors (Lipinski definition) is 3. The number of hydrogen-bond acceptors (Lipinski definition) is 4.